The first kappa shape index (κ1) is 14.3. The molecule has 0 aliphatic heterocycles. The zero-order chi connectivity index (χ0) is 14.1. The first-order valence-electron chi connectivity index (χ1n) is 5.21. The van der Waals surface area contributed by atoms with Crippen LogP contribution in [0.1, 0.15) is 36.7 Å². The zero-order valence-corrected chi connectivity index (χ0v) is 10.3. The molecule has 2 N–H and O–H groups in total. The molecule has 6 heteroatoms. The van der Waals surface area contributed by atoms with Gasteiger partial charge in [0.1, 0.15) is 5.60 Å². The maximum atomic E-state index is 12.5. The van der Waals surface area contributed by atoms with E-state index in [1.165, 1.54) is 0 Å². The third-order valence-corrected chi connectivity index (χ3v) is 2.00. The van der Waals surface area contributed by atoms with Crippen molar-refractivity contribution in [2.75, 3.05) is 5.73 Å². The number of rotatable bonds is 1. The smallest absolute Gasteiger partial charge is 0.416 e. The fourth-order valence-electron chi connectivity index (χ4n) is 1.24. The van der Waals surface area contributed by atoms with E-state index in [9.17, 15) is 18.0 Å². The van der Waals surface area contributed by atoms with Crippen LogP contribution in [0.4, 0.5) is 18.9 Å². The van der Waals surface area contributed by atoms with Crippen LogP contribution < -0.4 is 5.73 Å². The minimum absolute atomic E-state index is 0.0442. The third-order valence-electron chi connectivity index (χ3n) is 2.00. The summed E-state index contributed by atoms with van der Waals surface area (Å²) >= 11 is 0. The van der Waals surface area contributed by atoms with Crippen molar-refractivity contribution in [2.24, 2.45) is 0 Å². The number of halogens is 3. The minimum atomic E-state index is -4.52. The molecule has 18 heavy (non-hydrogen) atoms. The number of carbonyl (C=O) groups is 1. The summed E-state index contributed by atoms with van der Waals surface area (Å²) in [5.74, 6) is -0.869. The Morgan fingerprint density at radius 3 is 2.22 bits per heavy atom. The number of nitrogens with two attached hydrogens (primary N) is 1. The summed E-state index contributed by atoms with van der Waals surface area (Å²) in [5, 5.41) is 0. The highest BCUT2D eigenvalue weighted by Crippen LogP contribution is 2.31. The molecule has 0 fully saturated rings. The van der Waals surface area contributed by atoms with Crippen LogP contribution in [-0.4, -0.2) is 11.6 Å². The molecule has 0 spiro atoms. The van der Waals surface area contributed by atoms with E-state index in [2.05, 4.69) is 0 Å². The zero-order valence-electron chi connectivity index (χ0n) is 10.3. The quantitative estimate of drug-likeness (QED) is 0.623. The molecule has 1 aromatic rings. The lowest BCUT2D eigenvalue weighted by Gasteiger charge is -2.20. The predicted octanol–water partition coefficient (Wildman–Crippen LogP) is 3.24. The van der Waals surface area contributed by atoms with Gasteiger partial charge in [0.05, 0.1) is 11.1 Å². The van der Waals surface area contributed by atoms with Crippen LogP contribution in [0, 0.1) is 0 Å². The van der Waals surface area contributed by atoms with Crippen molar-refractivity contribution < 1.29 is 22.7 Å². The molecule has 0 bridgehead atoms. The lowest BCUT2D eigenvalue weighted by molar-refractivity contribution is -0.137. The fraction of sp³-hybridized carbons (Fsp3) is 0.417. The van der Waals surface area contributed by atoms with Gasteiger partial charge in [0.2, 0.25) is 0 Å². The van der Waals surface area contributed by atoms with E-state index in [0.29, 0.717) is 6.07 Å². The molecule has 1 aromatic carbocycles. The molecule has 0 aliphatic carbocycles. The molecular weight excluding hydrogens is 247 g/mol. The molecule has 0 aromatic heterocycles. The normalized spacial score (nSPS) is 12.3. The van der Waals surface area contributed by atoms with Crippen molar-refractivity contribution in [3.63, 3.8) is 0 Å². The number of anilines is 1. The summed E-state index contributed by atoms with van der Waals surface area (Å²) in [6, 6.07) is 2.56. The highest BCUT2D eigenvalue weighted by atomic mass is 19.4. The van der Waals surface area contributed by atoms with Gasteiger partial charge in [-0.15, -0.1) is 0 Å². The second kappa shape index (κ2) is 4.51. The fourth-order valence-corrected chi connectivity index (χ4v) is 1.24. The van der Waals surface area contributed by atoms with E-state index < -0.39 is 23.3 Å². The number of nitrogen functional groups attached to an aromatic ring is 1. The standard InChI is InChI=1S/C12H14F3NO2/c1-11(2,3)18-10(17)8-6-7(12(13,14)15)4-5-9(8)16/h4-6H,16H2,1-3H3. The van der Waals surface area contributed by atoms with Crippen molar-refractivity contribution in [3.8, 4) is 0 Å². The molecular formula is C12H14F3NO2. The largest absolute Gasteiger partial charge is 0.456 e. The van der Waals surface area contributed by atoms with E-state index in [1.807, 2.05) is 0 Å². The van der Waals surface area contributed by atoms with Crippen LogP contribution in [-0.2, 0) is 10.9 Å². The average Bonchev–Trinajstić information content (AvgIpc) is 2.13. The van der Waals surface area contributed by atoms with E-state index in [-0.39, 0.29) is 11.3 Å². The van der Waals surface area contributed by atoms with Gasteiger partial charge < -0.3 is 10.5 Å². The highest BCUT2D eigenvalue weighted by Gasteiger charge is 2.32. The maximum Gasteiger partial charge on any atom is 0.416 e. The molecule has 1 rings (SSSR count). The van der Waals surface area contributed by atoms with Crippen molar-refractivity contribution in [1.82, 2.24) is 0 Å². The van der Waals surface area contributed by atoms with Gasteiger partial charge in [-0.3, -0.25) is 0 Å². The number of hydrogen-bond acceptors (Lipinski definition) is 3. The number of alkyl halides is 3. The Labute approximate surface area is 103 Å². The number of carbonyl (C=O) groups excluding carboxylic acids is 1. The molecule has 0 amide bonds. The van der Waals surface area contributed by atoms with Crippen LogP contribution in [0.2, 0.25) is 0 Å². The first-order valence-corrected chi connectivity index (χ1v) is 5.21. The van der Waals surface area contributed by atoms with Crippen LogP contribution in [0.3, 0.4) is 0 Å². The van der Waals surface area contributed by atoms with Gasteiger partial charge in [0, 0.05) is 5.69 Å². The Balaban J connectivity index is 3.13. The van der Waals surface area contributed by atoms with Crippen molar-refractivity contribution in [2.45, 2.75) is 32.5 Å². The summed E-state index contributed by atoms with van der Waals surface area (Å²) in [5.41, 5.74) is 3.44. The second-order valence-electron chi connectivity index (χ2n) is 4.80. The minimum Gasteiger partial charge on any atom is -0.456 e. The molecule has 100 valence electrons. The Bertz CT molecular complexity index is 461. The molecule has 0 radical (unpaired) electrons. The topological polar surface area (TPSA) is 52.3 Å². The van der Waals surface area contributed by atoms with Gasteiger partial charge in [-0.25, -0.2) is 4.79 Å². The Morgan fingerprint density at radius 2 is 1.78 bits per heavy atom. The summed E-state index contributed by atoms with van der Waals surface area (Å²) < 4.78 is 42.5. The van der Waals surface area contributed by atoms with Gasteiger partial charge in [0.25, 0.3) is 0 Å². The van der Waals surface area contributed by atoms with Gasteiger partial charge in [0.15, 0.2) is 0 Å². The van der Waals surface area contributed by atoms with Gasteiger partial charge in [-0.05, 0) is 39.0 Å². The van der Waals surface area contributed by atoms with E-state index >= 15 is 0 Å². The predicted molar refractivity (Wildman–Crippen MR) is 61.0 cm³/mol. The summed E-state index contributed by atoms with van der Waals surface area (Å²) in [4.78, 5) is 11.7. The van der Waals surface area contributed by atoms with Gasteiger partial charge >= 0.3 is 12.1 Å². The Hall–Kier alpha value is -1.72. The molecule has 0 saturated heterocycles. The molecule has 0 atom stereocenters. The monoisotopic (exact) mass is 261 g/mol. The SMILES string of the molecule is CC(C)(C)OC(=O)c1cc(C(F)(F)F)ccc1N. The molecule has 0 aliphatic rings. The van der Waals surface area contributed by atoms with E-state index in [4.69, 9.17) is 10.5 Å². The lowest BCUT2D eigenvalue weighted by Crippen LogP contribution is -2.24. The number of benzene rings is 1. The van der Waals surface area contributed by atoms with Gasteiger partial charge in [-0.2, -0.15) is 13.2 Å². The second-order valence-corrected chi connectivity index (χ2v) is 4.80. The maximum absolute atomic E-state index is 12.5. The number of esters is 1. The lowest BCUT2D eigenvalue weighted by atomic mass is 10.1. The van der Waals surface area contributed by atoms with Crippen LogP contribution in [0.15, 0.2) is 18.2 Å². The number of hydrogen-bond donors (Lipinski definition) is 1. The third kappa shape index (κ3) is 3.65. The highest BCUT2D eigenvalue weighted by molar-refractivity contribution is 5.95. The number of ether oxygens (including phenoxy) is 1. The summed E-state index contributed by atoms with van der Waals surface area (Å²) in [7, 11) is 0. The van der Waals surface area contributed by atoms with Crippen LogP contribution in [0.5, 0.6) is 0 Å². The van der Waals surface area contributed by atoms with E-state index in [1.54, 1.807) is 20.8 Å². The van der Waals surface area contributed by atoms with Crippen LogP contribution >= 0.6 is 0 Å². The summed E-state index contributed by atoms with van der Waals surface area (Å²) in [6.45, 7) is 4.86. The average molecular weight is 261 g/mol. The first-order chi connectivity index (χ1) is 8.00. The van der Waals surface area contributed by atoms with Crippen molar-refractivity contribution in [1.29, 1.82) is 0 Å². The van der Waals surface area contributed by atoms with Crippen molar-refractivity contribution >= 4 is 11.7 Å². The van der Waals surface area contributed by atoms with Gasteiger partial charge in [-0.1, -0.05) is 0 Å². The molecule has 0 unspecified atom stereocenters. The molecule has 0 saturated carbocycles. The Kier molecular flexibility index (Phi) is 3.59. The summed E-state index contributed by atoms with van der Waals surface area (Å²) in [6.07, 6.45) is -4.52. The van der Waals surface area contributed by atoms with Crippen LogP contribution in [0.25, 0.3) is 0 Å². The Morgan fingerprint density at radius 1 is 1.22 bits per heavy atom. The van der Waals surface area contributed by atoms with Crippen molar-refractivity contribution in [3.05, 3.63) is 29.3 Å². The van der Waals surface area contributed by atoms with E-state index in [0.717, 1.165) is 12.1 Å². The molecule has 0 heterocycles. The molecule has 3 nitrogen and oxygen atoms in total.